The average Bonchev–Trinajstić information content (AvgIpc) is 3.48. The Morgan fingerprint density at radius 1 is 1.18 bits per heavy atom. The van der Waals surface area contributed by atoms with E-state index in [4.69, 9.17) is 14.2 Å². The molecule has 1 aromatic heterocycles. The number of hydrogen-bond donors (Lipinski definition) is 1. The summed E-state index contributed by atoms with van der Waals surface area (Å²) in [5, 5.41) is 11.5. The lowest BCUT2D eigenvalue weighted by molar-refractivity contribution is -0.132. The molecule has 3 aromatic rings. The Hall–Kier alpha value is -4.44. The number of rotatable bonds is 11. The molecule has 1 atom stereocenters. The molecule has 208 valence electrons. The van der Waals surface area contributed by atoms with Gasteiger partial charge in [0.1, 0.15) is 28.7 Å². The highest BCUT2D eigenvalue weighted by molar-refractivity contribution is 7.17. The van der Waals surface area contributed by atoms with E-state index >= 15 is 0 Å². The smallest absolute Gasteiger partial charge is 0.350 e. The van der Waals surface area contributed by atoms with Gasteiger partial charge in [-0.2, -0.15) is 0 Å². The molecule has 0 aliphatic carbocycles. The number of ether oxygens (including phenoxy) is 3. The maximum atomic E-state index is 13.5. The van der Waals surface area contributed by atoms with Gasteiger partial charge in [0.25, 0.3) is 5.78 Å². The van der Waals surface area contributed by atoms with Crippen molar-refractivity contribution in [3.05, 3.63) is 88.5 Å². The van der Waals surface area contributed by atoms with Gasteiger partial charge >= 0.3 is 11.9 Å². The second-order valence-electron chi connectivity index (χ2n) is 8.97. The Morgan fingerprint density at radius 3 is 2.60 bits per heavy atom. The van der Waals surface area contributed by atoms with Crippen LogP contribution >= 0.6 is 11.3 Å². The second-order valence-corrected chi connectivity index (χ2v) is 9.95. The third-order valence-corrected chi connectivity index (χ3v) is 7.39. The molecule has 1 amide bonds. The molecule has 0 spiro atoms. The standard InChI is InChI=1S/C30H30N2O7S/c1-5-7-16-38-22-10-8-9-20(17-22)24-23(25(33)19-11-13-21(37-4)14-12-19)26(34)28(35)32(24)30-31-18(3)27(40-30)29(36)39-15-6-2/h6,8-14,17,24,33H,2,5,7,15-16H2,1,3-4H3. The summed E-state index contributed by atoms with van der Waals surface area (Å²) >= 11 is 0.936. The minimum absolute atomic E-state index is 0.0166. The second kappa shape index (κ2) is 12.6. The fourth-order valence-corrected chi connectivity index (χ4v) is 5.22. The van der Waals surface area contributed by atoms with Gasteiger partial charge in [0, 0.05) is 5.56 Å². The molecule has 1 saturated heterocycles. The lowest BCUT2D eigenvalue weighted by Gasteiger charge is -2.23. The zero-order valence-electron chi connectivity index (χ0n) is 22.5. The first-order chi connectivity index (χ1) is 19.3. The van der Waals surface area contributed by atoms with Crippen molar-refractivity contribution >= 4 is 39.9 Å². The van der Waals surface area contributed by atoms with Gasteiger partial charge in [-0.05, 0) is 55.3 Å². The topological polar surface area (TPSA) is 115 Å². The summed E-state index contributed by atoms with van der Waals surface area (Å²) in [4.78, 5) is 45.4. The first-order valence-electron chi connectivity index (χ1n) is 12.7. The number of Topliss-reactive ketones (excluding diaryl/α,β-unsaturated/α-hetero) is 1. The number of benzene rings is 2. The highest BCUT2D eigenvalue weighted by Gasteiger charge is 2.48. The fourth-order valence-electron chi connectivity index (χ4n) is 4.23. The van der Waals surface area contributed by atoms with Crippen LogP contribution in [0.15, 0.2) is 66.8 Å². The molecule has 2 aromatic carbocycles. The molecule has 1 fully saturated rings. The van der Waals surface area contributed by atoms with E-state index in [1.165, 1.54) is 18.1 Å². The van der Waals surface area contributed by atoms with E-state index in [1.807, 2.05) is 0 Å². The number of carbonyl (C=O) groups is 3. The van der Waals surface area contributed by atoms with Crippen LogP contribution in [0.2, 0.25) is 0 Å². The van der Waals surface area contributed by atoms with Crippen LogP contribution < -0.4 is 14.4 Å². The number of unbranched alkanes of at least 4 members (excludes halogenated alkanes) is 1. The van der Waals surface area contributed by atoms with Crippen molar-refractivity contribution in [1.29, 1.82) is 0 Å². The lowest BCUT2D eigenvalue weighted by Crippen LogP contribution is -2.29. The summed E-state index contributed by atoms with van der Waals surface area (Å²) in [6.45, 7) is 7.75. The molecule has 1 unspecified atom stereocenters. The monoisotopic (exact) mass is 562 g/mol. The number of hydrogen-bond acceptors (Lipinski definition) is 9. The first-order valence-corrected chi connectivity index (χ1v) is 13.6. The van der Waals surface area contributed by atoms with Crippen LogP contribution in [0.3, 0.4) is 0 Å². The Labute approximate surface area is 236 Å². The molecule has 4 rings (SSSR count). The minimum atomic E-state index is -1.03. The zero-order chi connectivity index (χ0) is 28.8. The summed E-state index contributed by atoms with van der Waals surface area (Å²) in [7, 11) is 1.52. The van der Waals surface area contributed by atoms with Crippen molar-refractivity contribution in [3.8, 4) is 11.5 Å². The highest BCUT2D eigenvalue weighted by atomic mass is 32.1. The number of anilines is 1. The van der Waals surface area contributed by atoms with Gasteiger partial charge in [-0.3, -0.25) is 14.5 Å². The van der Waals surface area contributed by atoms with Crippen LogP contribution in [0.4, 0.5) is 5.13 Å². The molecule has 2 heterocycles. The molecule has 1 aliphatic rings. The van der Waals surface area contributed by atoms with Crippen molar-refractivity contribution < 1.29 is 33.7 Å². The molecule has 9 nitrogen and oxygen atoms in total. The number of aryl methyl sites for hydroxylation is 1. The molecular formula is C30H30N2O7S. The number of amides is 1. The summed E-state index contributed by atoms with van der Waals surface area (Å²) in [5.74, 6) is -1.58. The van der Waals surface area contributed by atoms with E-state index in [2.05, 4.69) is 18.5 Å². The molecule has 0 bridgehead atoms. The van der Waals surface area contributed by atoms with Crippen molar-refractivity contribution in [2.75, 3.05) is 25.2 Å². The summed E-state index contributed by atoms with van der Waals surface area (Å²) in [5.41, 5.74) is 1.11. The molecule has 1 N–H and O–H groups in total. The van der Waals surface area contributed by atoms with Crippen LogP contribution in [0, 0.1) is 6.92 Å². The van der Waals surface area contributed by atoms with E-state index < -0.39 is 23.7 Å². The van der Waals surface area contributed by atoms with Gasteiger partial charge in [0.15, 0.2) is 5.13 Å². The van der Waals surface area contributed by atoms with Gasteiger partial charge < -0.3 is 19.3 Å². The third-order valence-electron chi connectivity index (χ3n) is 6.26. The number of thiazole rings is 1. The van der Waals surface area contributed by atoms with Crippen molar-refractivity contribution in [1.82, 2.24) is 4.98 Å². The molecule has 0 radical (unpaired) electrons. The number of carbonyl (C=O) groups excluding carboxylic acids is 3. The number of aliphatic hydroxyl groups is 1. The van der Waals surface area contributed by atoms with Gasteiger partial charge in [-0.1, -0.05) is 49.5 Å². The van der Waals surface area contributed by atoms with E-state index in [1.54, 1.807) is 55.5 Å². The van der Waals surface area contributed by atoms with Crippen LogP contribution in [-0.4, -0.2) is 48.1 Å². The zero-order valence-corrected chi connectivity index (χ0v) is 23.3. The average molecular weight is 563 g/mol. The van der Waals surface area contributed by atoms with Gasteiger partial charge in [0.05, 0.1) is 31.0 Å². The Balaban J connectivity index is 1.85. The van der Waals surface area contributed by atoms with E-state index in [-0.39, 0.29) is 27.9 Å². The van der Waals surface area contributed by atoms with Crippen LogP contribution in [0.5, 0.6) is 11.5 Å². The van der Waals surface area contributed by atoms with E-state index in [9.17, 15) is 19.5 Å². The third kappa shape index (κ3) is 5.76. The largest absolute Gasteiger partial charge is 0.507 e. The van der Waals surface area contributed by atoms with E-state index in [0.29, 0.717) is 34.9 Å². The number of ketones is 1. The van der Waals surface area contributed by atoms with Gasteiger partial charge in [-0.25, -0.2) is 9.78 Å². The Bertz CT molecular complexity index is 1460. The predicted octanol–water partition coefficient (Wildman–Crippen LogP) is 5.61. The highest BCUT2D eigenvalue weighted by Crippen LogP contribution is 2.44. The number of aromatic nitrogens is 1. The minimum Gasteiger partial charge on any atom is -0.507 e. The maximum Gasteiger partial charge on any atom is 0.350 e. The summed E-state index contributed by atoms with van der Waals surface area (Å²) in [6.07, 6.45) is 3.27. The van der Waals surface area contributed by atoms with Crippen molar-refractivity contribution in [3.63, 3.8) is 0 Å². The number of aliphatic hydroxyl groups excluding tert-OH is 1. The quantitative estimate of drug-likeness (QED) is 0.0801. The number of methoxy groups -OCH3 is 1. The SMILES string of the molecule is C=CCOC(=O)c1sc(N2C(=O)C(=O)C(=C(O)c3ccc(OC)cc3)C2c2cccc(OCCCC)c2)nc1C. The summed E-state index contributed by atoms with van der Waals surface area (Å²) < 4.78 is 16.2. The fraction of sp³-hybridized carbons (Fsp3) is 0.267. The van der Waals surface area contributed by atoms with Crippen LogP contribution in [0.25, 0.3) is 5.76 Å². The van der Waals surface area contributed by atoms with Gasteiger partial charge in [0.2, 0.25) is 0 Å². The molecule has 10 heteroatoms. The van der Waals surface area contributed by atoms with Crippen LogP contribution in [-0.2, 0) is 14.3 Å². The normalized spacial score (nSPS) is 16.2. The van der Waals surface area contributed by atoms with Crippen molar-refractivity contribution in [2.24, 2.45) is 0 Å². The number of nitrogens with zero attached hydrogens (tertiary/aromatic N) is 2. The number of esters is 1. The first kappa shape index (κ1) is 28.6. The lowest BCUT2D eigenvalue weighted by atomic mass is 9.95. The van der Waals surface area contributed by atoms with Crippen LogP contribution in [0.1, 0.15) is 52.3 Å². The molecule has 0 saturated carbocycles. The summed E-state index contributed by atoms with van der Waals surface area (Å²) in [6, 6.07) is 12.5. The predicted molar refractivity (Wildman–Crippen MR) is 152 cm³/mol. The molecular weight excluding hydrogens is 532 g/mol. The van der Waals surface area contributed by atoms with E-state index in [0.717, 1.165) is 24.2 Å². The van der Waals surface area contributed by atoms with Gasteiger partial charge in [-0.15, -0.1) is 0 Å². The molecule has 1 aliphatic heterocycles. The maximum absolute atomic E-state index is 13.5. The molecule has 40 heavy (non-hydrogen) atoms. The van der Waals surface area contributed by atoms with Crippen molar-refractivity contribution in [2.45, 2.75) is 32.7 Å². The Kier molecular flexibility index (Phi) is 9.00. The Morgan fingerprint density at radius 2 is 1.93 bits per heavy atom.